The Balaban J connectivity index is 2.32. The fraction of sp³-hybridized carbons (Fsp3) is 0.235. The molecule has 2 aromatic rings. The summed E-state index contributed by atoms with van der Waals surface area (Å²) in [7, 11) is -4.09. The summed E-state index contributed by atoms with van der Waals surface area (Å²) in [6, 6.07) is 12.1. The standard InChI is InChI=1S/C17H18BrNO5S/c1-2-24-15-9-8-13(18)11-16(15)25(22,23)19-14(17(20)21)10-12-6-4-3-5-7-12/h3-9,11,14,19H,2,10H2,1H3,(H,20,21). The molecule has 0 fully saturated rings. The monoisotopic (exact) mass is 427 g/mol. The van der Waals surface area contributed by atoms with Gasteiger partial charge in [0.1, 0.15) is 16.7 Å². The number of halogens is 1. The minimum atomic E-state index is -4.09. The molecule has 2 N–H and O–H groups in total. The van der Waals surface area contributed by atoms with Crippen molar-refractivity contribution >= 4 is 31.9 Å². The average Bonchev–Trinajstić information content (AvgIpc) is 2.56. The smallest absolute Gasteiger partial charge is 0.322 e. The van der Waals surface area contributed by atoms with E-state index in [1.807, 2.05) is 0 Å². The molecule has 1 unspecified atom stereocenters. The van der Waals surface area contributed by atoms with E-state index in [2.05, 4.69) is 20.7 Å². The number of benzene rings is 2. The first-order valence-electron chi connectivity index (χ1n) is 7.55. The van der Waals surface area contributed by atoms with Crippen LogP contribution < -0.4 is 9.46 Å². The Morgan fingerprint density at radius 1 is 1.24 bits per heavy atom. The highest BCUT2D eigenvalue weighted by Gasteiger charge is 2.28. The number of ether oxygens (including phenoxy) is 1. The van der Waals surface area contributed by atoms with Gasteiger partial charge in [-0.1, -0.05) is 46.3 Å². The zero-order chi connectivity index (χ0) is 18.4. The number of carbonyl (C=O) groups is 1. The van der Waals surface area contributed by atoms with E-state index in [4.69, 9.17) is 4.74 Å². The largest absolute Gasteiger partial charge is 0.492 e. The highest BCUT2D eigenvalue weighted by atomic mass is 79.9. The van der Waals surface area contributed by atoms with Crippen LogP contribution in [0.4, 0.5) is 0 Å². The fourth-order valence-corrected chi connectivity index (χ4v) is 4.12. The average molecular weight is 428 g/mol. The first-order valence-corrected chi connectivity index (χ1v) is 9.82. The summed E-state index contributed by atoms with van der Waals surface area (Å²) in [5, 5.41) is 9.40. The second kappa shape index (κ2) is 8.46. The van der Waals surface area contributed by atoms with E-state index < -0.39 is 22.0 Å². The summed E-state index contributed by atoms with van der Waals surface area (Å²) in [4.78, 5) is 11.4. The molecule has 8 heteroatoms. The van der Waals surface area contributed by atoms with E-state index in [1.165, 1.54) is 12.1 Å². The van der Waals surface area contributed by atoms with Crippen molar-refractivity contribution in [2.24, 2.45) is 0 Å². The van der Waals surface area contributed by atoms with Crippen LogP contribution in [0.5, 0.6) is 5.75 Å². The highest BCUT2D eigenvalue weighted by Crippen LogP contribution is 2.27. The van der Waals surface area contributed by atoms with Crippen molar-refractivity contribution in [2.75, 3.05) is 6.61 Å². The van der Waals surface area contributed by atoms with Crippen LogP contribution in [0.15, 0.2) is 57.9 Å². The molecule has 0 aromatic heterocycles. The number of sulfonamides is 1. The third-order valence-corrected chi connectivity index (χ3v) is 5.36. The third kappa shape index (κ3) is 5.29. The van der Waals surface area contributed by atoms with Crippen LogP contribution in [0.25, 0.3) is 0 Å². The van der Waals surface area contributed by atoms with Gasteiger partial charge in [-0.15, -0.1) is 0 Å². The molecule has 2 rings (SSSR count). The summed E-state index contributed by atoms with van der Waals surface area (Å²) in [6.45, 7) is 2.03. The van der Waals surface area contributed by atoms with Gasteiger partial charge in [-0.3, -0.25) is 4.79 Å². The first kappa shape index (κ1) is 19.4. The molecule has 1 atom stereocenters. The minimum Gasteiger partial charge on any atom is -0.492 e. The predicted octanol–water partition coefficient (Wildman–Crippen LogP) is 2.82. The normalized spacial score (nSPS) is 12.6. The highest BCUT2D eigenvalue weighted by molar-refractivity contribution is 9.10. The lowest BCUT2D eigenvalue weighted by Crippen LogP contribution is -2.42. The number of carboxylic acid groups (broad SMARTS) is 1. The molecular formula is C17H18BrNO5S. The van der Waals surface area contributed by atoms with Gasteiger partial charge in [-0.05, 0) is 37.1 Å². The van der Waals surface area contributed by atoms with Gasteiger partial charge in [0.15, 0.2) is 0 Å². The van der Waals surface area contributed by atoms with E-state index in [1.54, 1.807) is 43.3 Å². The maximum Gasteiger partial charge on any atom is 0.322 e. The summed E-state index contributed by atoms with van der Waals surface area (Å²) < 4.78 is 33.6. The Labute approximate surface area is 155 Å². The van der Waals surface area contributed by atoms with Gasteiger partial charge in [0, 0.05) is 4.47 Å². The molecular weight excluding hydrogens is 410 g/mol. The van der Waals surface area contributed by atoms with Crippen LogP contribution in [-0.2, 0) is 21.2 Å². The van der Waals surface area contributed by atoms with Crippen LogP contribution in [0, 0.1) is 0 Å². The van der Waals surface area contributed by atoms with Crippen molar-refractivity contribution in [1.82, 2.24) is 4.72 Å². The number of rotatable bonds is 8. The Morgan fingerprint density at radius 2 is 1.92 bits per heavy atom. The molecule has 0 aliphatic carbocycles. The van der Waals surface area contributed by atoms with Crippen molar-refractivity contribution in [3.05, 3.63) is 58.6 Å². The Kier molecular flexibility index (Phi) is 6.57. The lowest BCUT2D eigenvalue weighted by Gasteiger charge is -2.17. The van der Waals surface area contributed by atoms with Crippen LogP contribution in [0.2, 0.25) is 0 Å². The van der Waals surface area contributed by atoms with Crippen LogP contribution in [-0.4, -0.2) is 32.1 Å². The summed E-state index contributed by atoms with van der Waals surface area (Å²) >= 11 is 3.22. The van der Waals surface area contributed by atoms with Crippen LogP contribution >= 0.6 is 15.9 Å². The predicted molar refractivity (Wildman–Crippen MR) is 97.2 cm³/mol. The molecule has 134 valence electrons. The SMILES string of the molecule is CCOc1ccc(Br)cc1S(=O)(=O)NC(Cc1ccccc1)C(=O)O. The van der Waals surface area contributed by atoms with Crippen molar-refractivity contribution in [3.8, 4) is 5.75 Å². The van der Waals surface area contributed by atoms with Crippen molar-refractivity contribution in [3.63, 3.8) is 0 Å². The van der Waals surface area contributed by atoms with Gasteiger partial charge in [0.05, 0.1) is 6.61 Å². The molecule has 0 aliphatic rings. The van der Waals surface area contributed by atoms with Gasteiger partial charge in [0.25, 0.3) is 0 Å². The molecule has 0 amide bonds. The quantitative estimate of drug-likeness (QED) is 0.675. The van der Waals surface area contributed by atoms with Gasteiger partial charge >= 0.3 is 5.97 Å². The Bertz CT molecular complexity index is 839. The molecule has 0 spiro atoms. The summed E-state index contributed by atoms with van der Waals surface area (Å²) in [5.74, 6) is -1.08. The molecule has 0 saturated heterocycles. The second-order valence-electron chi connectivity index (χ2n) is 5.23. The van der Waals surface area contributed by atoms with Crippen molar-refractivity contribution < 1.29 is 23.1 Å². The van der Waals surface area contributed by atoms with Gasteiger partial charge in [-0.25, -0.2) is 8.42 Å². The van der Waals surface area contributed by atoms with Crippen LogP contribution in [0.3, 0.4) is 0 Å². The molecule has 0 bridgehead atoms. The molecule has 0 radical (unpaired) electrons. The number of carboxylic acids is 1. The van der Waals surface area contributed by atoms with E-state index in [9.17, 15) is 18.3 Å². The summed E-state index contributed by atoms with van der Waals surface area (Å²) in [5.41, 5.74) is 0.719. The number of nitrogens with one attached hydrogen (secondary N) is 1. The maximum absolute atomic E-state index is 12.7. The molecule has 0 saturated carbocycles. The van der Waals surface area contributed by atoms with Crippen molar-refractivity contribution in [1.29, 1.82) is 0 Å². The van der Waals surface area contributed by atoms with Crippen molar-refractivity contribution in [2.45, 2.75) is 24.3 Å². The number of aliphatic carboxylic acids is 1. The third-order valence-electron chi connectivity index (χ3n) is 3.37. The topological polar surface area (TPSA) is 92.7 Å². The molecule has 0 aliphatic heterocycles. The van der Waals surface area contributed by atoms with Crippen LogP contribution in [0.1, 0.15) is 12.5 Å². The van der Waals surface area contributed by atoms with E-state index in [-0.39, 0.29) is 23.7 Å². The Morgan fingerprint density at radius 3 is 2.52 bits per heavy atom. The van der Waals surface area contributed by atoms with Gasteiger partial charge in [-0.2, -0.15) is 4.72 Å². The van der Waals surface area contributed by atoms with Gasteiger partial charge < -0.3 is 9.84 Å². The number of hydrogen-bond donors (Lipinski definition) is 2. The Hall–Kier alpha value is -1.90. The molecule has 25 heavy (non-hydrogen) atoms. The maximum atomic E-state index is 12.7. The van der Waals surface area contributed by atoms with Gasteiger partial charge in [0.2, 0.25) is 10.0 Å². The van der Waals surface area contributed by atoms with E-state index in [0.717, 1.165) is 5.56 Å². The zero-order valence-electron chi connectivity index (χ0n) is 13.5. The summed E-state index contributed by atoms with van der Waals surface area (Å²) in [6.07, 6.45) is 0.0351. The molecule has 2 aromatic carbocycles. The lowest BCUT2D eigenvalue weighted by atomic mass is 10.1. The van der Waals surface area contributed by atoms with E-state index in [0.29, 0.717) is 4.47 Å². The molecule has 0 heterocycles. The zero-order valence-corrected chi connectivity index (χ0v) is 15.9. The second-order valence-corrected chi connectivity index (χ2v) is 7.82. The lowest BCUT2D eigenvalue weighted by molar-refractivity contribution is -0.138. The number of hydrogen-bond acceptors (Lipinski definition) is 4. The van der Waals surface area contributed by atoms with E-state index >= 15 is 0 Å². The first-order chi connectivity index (χ1) is 11.8. The minimum absolute atomic E-state index is 0.0351. The molecule has 6 nitrogen and oxygen atoms in total. The fourth-order valence-electron chi connectivity index (χ4n) is 2.25.